The van der Waals surface area contributed by atoms with Crippen molar-refractivity contribution < 1.29 is 14.3 Å². The summed E-state index contributed by atoms with van der Waals surface area (Å²) in [5.41, 5.74) is -0.559. The smallest absolute Gasteiger partial charge is 0.410 e. The average molecular weight is 312 g/mol. The molecule has 5 heteroatoms. The largest absolute Gasteiger partial charge is 0.444 e. The molecule has 1 aliphatic carbocycles. The summed E-state index contributed by atoms with van der Waals surface area (Å²) in [5.74, 6) is 0.348. The molecule has 5 nitrogen and oxygen atoms in total. The average Bonchev–Trinajstić information content (AvgIpc) is 2.29. The van der Waals surface area contributed by atoms with Gasteiger partial charge in [-0.2, -0.15) is 0 Å². The van der Waals surface area contributed by atoms with Crippen LogP contribution < -0.4 is 0 Å². The summed E-state index contributed by atoms with van der Waals surface area (Å²) in [7, 11) is 3.51. The van der Waals surface area contributed by atoms with Crippen molar-refractivity contribution >= 4 is 12.0 Å². The summed E-state index contributed by atoms with van der Waals surface area (Å²) >= 11 is 0. The minimum atomic E-state index is -0.559. The fraction of sp³-hybridized carbons (Fsp3) is 0.882. The van der Waals surface area contributed by atoms with Crippen LogP contribution in [0, 0.1) is 5.92 Å². The van der Waals surface area contributed by atoms with E-state index in [0.717, 1.165) is 12.8 Å². The molecule has 1 saturated carbocycles. The molecule has 0 N–H and O–H groups in total. The molecular weight excluding hydrogens is 280 g/mol. The van der Waals surface area contributed by atoms with Gasteiger partial charge in [-0.1, -0.05) is 13.8 Å². The summed E-state index contributed by atoms with van der Waals surface area (Å²) in [6.07, 6.45) is 3.51. The van der Waals surface area contributed by atoms with E-state index in [-0.39, 0.29) is 5.91 Å². The van der Waals surface area contributed by atoms with E-state index in [2.05, 4.69) is 13.8 Å². The second-order valence-electron chi connectivity index (χ2n) is 7.77. The third-order valence-electron chi connectivity index (χ3n) is 4.10. The SMILES string of the molecule is CC(C)C[C@@H](C(=O)N(C)C1CCC1)N(C)C(=O)OC(C)(C)C. The van der Waals surface area contributed by atoms with Gasteiger partial charge in [-0.05, 0) is 52.4 Å². The van der Waals surface area contributed by atoms with Crippen LogP contribution in [0.4, 0.5) is 4.79 Å². The van der Waals surface area contributed by atoms with Gasteiger partial charge in [0, 0.05) is 20.1 Å². The van der Waals surface area contributed by atoms with Gasteiger partial charge in [0.25, 0.3) is 0 Å². The summed E-state index contributed by atoms with van der Waals surface area (Å²) in [6, 6.07) is -0.130. The molecule has 1 atom stereocenters. The van der Waals surface area contributed by atoms with E-state index >= 15 is 0 Å². The van der Waals surface area contributed by atoms with Crippen LogP contribution in [0.2, 0.25) is 0 Å². The lowest BCUT2D eigenvalue weighted by Crippen LogP contribution is -2.53. The molecule has 0 aliphatic heterocycles. The highest BCUT2D eigenvalue weighted by molar-refractivity contribution is 5.85. The normalized spacial score (nSPS) is 16.9. The Morgan fingerprint density at radius 3 is 2.09 bits per heavy atom. The van der Waals surface area contributed by atoms with E-state index in [1.165, 1.54) is 11.3 Å². The van der Waals surface area contributed by atoms with Crippen molar-refractivity contribution in [1.82, 2.24) is 9.80 Å². The first kappa shape index (κ1) is 18.8. The predicted molar refractivity (Wildman–Crippen MR) is 87.6 cm³/mol. The Morgan fingerprint density at radius 1 is 1.18 bits per heavy atom. The molecule has 0 bridgehead atoms. The van der Waals surface area contributed by atoms with Crippen molar-refractivity contribution in [3.63, 3.8) is 0 Å². The summed E-state index contributed by atoms with van der Waals surface area (Å²) in [5, 5.41) is 0. The third kappa shape index (κ3) is 5.18. The van der Waals surface area contributed by atoms with Crippen LogP contribution in [0.3, 0.4) is 0 Å². The summed E-state index contributed by atoms with van der Waals surface area (Å²) in [4.78, 5) is 28.4. The molecule has 1 rings (SSSR count). The van der Waals surface area contributed by atoms with Crippen molar-refractivity contribution in [2.24, 2.45) is 5.92 Å². The lowest BCUT2D eigenvalue weighted by atomic mass is 9.91. The molecule has 1 aliphatic rings. The third-order valence-corrected chi connectivity index (χ3v) is 4.10. The van der Waals surface area contributed by atoms with Gasteiger partial charge in [-0.25, -0.2) is 4.79 Å². The molecule has 1 fully saturated rings. The van der Waals surface area contributed by atoms with E-state index in [0.29, 0.717) is 18.4 Å². The fourth-order valence-corrected chi connectivity index (χ4v) is 2.52. The van der Waals surface area contributed by atoms with Crippen LogP contribution in [0.15, 0.2) is 0 Å². The Bertz CT molecular complexity index is 397. The Balaban J connectivity index is 2.81. The molecule has 128 valence electrons. The lowest BCUT2D eigenvalue weighted by molar-refractivity contribution is -0.139. The van der Waals surface area contributed by atoms with Crippen LogP contribution >= 0.6 is 0 Å². The van der Waals surface area contributed by atoms with Crippen molar-refractivity contribution in [3.05, 3.63) is 0 Å². The summed E-state index contributed by atoms with van der Waals surface area (Å²) < 4.78 is 5.41. The van der Waals surface area contributed by atoms with Gasteiger partial charge in [0.05, 0.1) is 0 Å². The number of ether oxygens (including phenoxy) is 1. The maximum Gasteiger partial charge on any atom is 0.410 e. The Hall–Kier alpha value is -1.26. The van der Waals surface area contributed by atoms with Crippen molar-refractivity contribution in [3.8, 4) is 0 Å². The van der Waals surface area contributed by atoms with Gasteiger partial charge >= 0.3 is 6.09 Å². The molecule has 0 aromatic carbocycles. The highest BCUT2D eigenvalue weighted by Gasteiger charge is 2.35. The highest BCUT2D eigenvalue weighted by atomic mass is 16.6. The van der Waals surface area contributed by atoms with Crippen LogP contribution in [-0.2, 0) is 9.53 Å². The fourth-order valence-electron chi connectivity index (χ4n) is 2.52. The van der Waals surface area contributed by atoms with Gasteiger partial charge in [0.15, 0.2) is 0 Å². The molecule has 0 unspecified atom stereocenters. The van der Waals surface area contributed by atoms with Gasteiger partial charge in [0.2, 0.25) is 5.91 Å². The first-order valence-electron chi connectivity index (χ1n) is 8.25. The van der Waals surface area contributed by atoms with E-state index < -0.39 is 17.7 Å². The second kappa shape index (κ2) is 7.34. The standard InChI is InChI=1S/C17H32N2O3/c1-12(2)11-14(15(20)18(6)13-9-8-10-13)19(7)16(21)22-17(3,4)5/h12-14H,8-11H2,1-7H3/t14-/m0/s1. The molecule has 0 spiro atoms. The summed E-state index contributed by atoms with van der Waals surface area (Å²) in [6.45, 7) is 9.62. The van der Waals surface area contributed by atoms with E-state index in [9.17, 15) is 9.59 Å². The number of carbonyl (C=O) groups excluding carboxylic acids is 2. The maximum absolute atomic E-state index is 12.8. The van der Waals surface area contributed by atoms with Crippen LogP contribution in [0.5, 0.6) is 0 Å². The molecular formula is C17H32N2O3. The first-order chi connectivity index (χ1) is 10.0. The first-order valence-corrected chi connectivity index (χ1v) is 8.25. The minimum absolute atomic E-state index is 0.0201. The van der Waals surface area contributed by atoms with Crippen LogP contribution in [0.25, 0.3) is 0 Å². The number of likely N-dealkylation sites (N-methyl/N-ethyl adjacent to an activating group) is 2. The maximum atomic E-state index is 12.8. The molecule has 0 radical (unpaired) electrons. The number of hydrogen-bond donors (Lipinski definition) is 0. The number of amides is 2. The van der Waals surface area contributed by atoms with Gasteiger partial charge < -0.3 is 9.64 Å². The van der Waals surface area contributed by atoms with E-state index in [4.69, 9.17) is 4.74 Å². The predicted octanol–water partition coefficient (Wildman–Crippen LogP) is 3.28. The van der Waals surface area contributed by atoms with Gasteiger partial charge in [0.1, 0.15) is 11.6 Å². The Morgan fingerprint density at radius 2 is 1.73 bits per heavy atom. The van der Waals surface area contributed by atoms with E-state index in [1.54, 1.807) is 7.05 Å². The van der Waals surface area contributed by atoms with Crippen molar-refractivity contribution in [1.29, 1.82) is 0 Å². The number of carbonyl (C=O) groups is 2. The molecule has 0 aromatic rings. The molecule has 0 aromatic heterocycles. The second-order valence-corrected chi connectivity index (χ2v) is 7.77. The van der Waals surface area contributed by atoms with Gasteiger partial charge in [-0.15, -0.1) is 0 Å². The zero-order valence-electron chi connectivity index (χ0n) is 15.2. The van der Waals surface area contributed by atoms with Crippen LogP contribution in [-0.4, -0.2) is 53.6 Å². The molecule has 0 saturated heterocycles. The van der Waals surface area contributed by atoms with Crippen molar-refractivity contribution in [2.75, 3.05) is 14.1 Å². The topological polar surface area (TPSA) is 49.9 Å². The molecule has 2 amide bonds. The highest BCUT2D eigenvalue weighted by Crippen LogP contribution is 2.26. The quantitative estimate of drug-likeness (QED) is 0.783. The van der Waals surface area contributed by atoms with E-state index in [1.807, 2.05) is 32.7 Å². The Labute approximate surface area is 135 Å². The number of hydrogen-bond acceptors (Lipinski definition) is 3. The zero-order chi connectivity index (χ0) is 17.1. The zero-order valence-corrected chi connectivity index (χ0v) is 15.2. The van der Waals surface area contributed by atoms with Gasteiger partial charge in [-0.3, -0.25) is 9.69 Å². The van der Waals surface area contributed by atoms with Crippen LogP contribution in [0.1, 0.15) is 60.3 Å². The number of nitrogens with zero attached hydrogens (tertiary/aromatic N) is 2. The molecule has 22 heavy (non-hydrogen) atoms. The minimum Gasteiger partial charge on any atom is -0.444 e. The monoisotopic (exact) mass is 312 g/mol. The lowest BCUT2D eigenvalue weighted by Gasteiger charge is -2.39. The van der Waals surface area contributed by atoms with Crippen molar-refractivity contribution in [2.45, 2.75) is 78.0 Å². The molecule has 0 heterocycles. The number of rotatable bonds is 5. The Kier molecular flexibility index (Phi) is 6.27.